The number of hydrogen-bond acceptors (Lipinski definition) is 2. The Bertz CT molecular complexity index is 384. The van der Waals surface area contributed by atoms with Gasteiger partial charge in [0.1, 0.15) is 18.0 Å². The van der Waals surface area contributed by atoms with Gasteiger partial charge in [0.2, 0.25) is 0 Å². The van der Waals surface area contributed by atoms with Crippen molar-refractivity contribution < 1.29 is 9.47 Å². The quantitative estimate of drug-likeness (QED) is 0.786. The highest BCUT2D eigenvalue weighted by molar-refractivity contribution is 9.10. The van der Waals surface area contributed by atoms with Crippen molar-refractivity contribution in [3.05, 3.63) is 28.2 Å². The van der Waals surface area contributed by atoms with Crippen molar-refractivity contribution in [1.82, 2.24) is 0 Å². The molecule has 1 saturated heterocycles. The fraction of sp³-hybridized carbons (Fsp3) is 0.538. The largest absolute Gasteiger partial charge is 0.490 e. The lowest BCUT2D eigenvalue weighted by molar-refractivity contribution is 0.201. The molecule has 0 spiro atoms. The Balaban J connectivity index is 2.12. The number of halogens is 1. The highest BCUT2D eigenvalue weighted by Crippen LogP contribution is 2.32. The van der Waals surface area contributed by atoms with Crippen LogP contribution in [0.3, 0.4) is 0 Å². The highest BCUT2D eigenvalue weighted by atomic mass is 79.9. The topological polar surface area (TPSA) is 21.8 Å². The molecule has 3 heteroatoms. The lowest BCUT2D eigenvalue weighted by Crippen LogP contribution is -2.17. The van der Waals surface area contributed by atoms with E-state index in [1.54, 1.807) is 0 Å². The molecule has 1 aliphatic rings. The van der Waals surface area contributed by atoms with Crippen LogP contribution in [-0.4, -0.2) is 18.8 Å². The second-order valence-electron chi connectivity index (χ2n) is 4.86. The number of hydrogen-bond donors (Lipinski definition) is 0. The smallest absolute Gasteiger partial charge is 0.123 e. The third-order valence-electron chi connectivity index (χ3n) is 2.76. The summed E-state index contributed by atoms with van der Waals surface area (Å²) in [5.41, 5.74) is 1.18. The van der Waals surface area contributed by atoms with Gasteiger partial charge in [-0.15, -0.1) is 0 Å². The van der Waals surface area contributed by atoms with E-state index >= 15 is 0 Å². The second kappa shape index (κ2) is 4.38. The van der Waals surface area contributed by atoms with Crippen molar-refractivity contribution in [2.24, 2.45) is 0 Å². The molecule has 1 aliphatic heterocycles. The van der Waals surface area contributed by atoms with Gasteiger partial charge in [-0.05, 0) is 36.6 Å². The van der Waals surface area contributed by atoms with Crippen molar-refractivity contribution >= 4 is 15.9 Å². The minimum absolute atomic E-state index is 0.0542. The molecule has 0 aliphatic carbocycles. The monoisotopic (exact) mass is 284 g/mol. The van der Waals surface area contributed by atoms with E-state index < -0.39 is 0 Å². The van der Waals surface area contributed by atoms with Crippen LogP contribution < -0.4 is 4.74 Å². The summed E-state index contributed by atoms with van der Waals surface area (Å²) >= 11 is 3.49. The highest BCUT2D eigenvalue weighted by Gasteiger charge is 2.40. The zero-order valence-electron chi connectivity index (χ0n) is 9.92. The van der Waals surface area contributed by atoms with E-state index in [2.05, 4.69) is 42.8 Å². The Morgan fingerprint density at radius 1 is 1.50 bits per heavy atom. The molecular weight excluding hydrogens is 268 g/mol. The molecule has 16 heavy (non-hydrogen) atoms. The van der Waals surface area contributed by atoms with E-state index in [1.807, 2.05) is 12.1 Å². The lowest BCUT2D eigenvalue weighted by Gasteiger charge is -2.15. The van der Waals surface area contributed by atoms with Gasteiger partial charge in [-0.3, -0.25) is 0 Å². The summed E-state index contributed by atoms with van der Waals surface area (Å²) in [4.78, 5) is 0. The molecule has 1 aromatic rings. The van der Waals surface area contributed by atoms with Gasteiger partial charge in [-0.1, -0.05) is 29.8 Å². The molecule has 0 aromatic heterocycles. The van der Waals surface area contributed by atoms with Crippen molar-refractivity contribution in [3.8, 4) is 5.75 Å². The molecular formula is C13H17BrO2. The SMILES string of the molecule is CC(C)c1cc(Br)ccc1OCC1(C)CO1. The van der Waals surface area contributed by atoms with Gasteiger partial charge >= 0.3 is 0 Å². The lowest BCUT2D eigenvalue weighted by atomic mass is 10.0. The van der Waals surface area contributed by atoms with Crippen LogP contribution in [0.15, 0.2) is 22.7 Å². The number of ether oxygens (including phenoxy) is 2. The van der Waals surface area contributed by atoms with Gasteiger partial charge in [0, 0.05) is 4.47 Å². The predicted octanol–water partition coefficient (Wildman–Crippen LogP) is 3.74. The maximum atomic E-state index is 5.83. The maximum absolute atomic E-state index is 5.83. The summed E-state index contributed by atoms with van der Waals surface area (Å²) < 4.78 is 12.2. The van der Waals surface area contributed by atoms with Crippen LogP contribution in [0.1, 0.15) is 32.3 Å². The van der Waals surface area contributed by atoms with Crippen molar-refractivity contribution in [2.75, 3.05) is 13.2 Å². The molecule has 1 aromatic carbocycles. The number of epoxide rings is 1. The van der Waals surface area contributed by atoms with E-state index in [0.29, 0.717) is 12.5 Å². The molecule has 1 fully saturated rings. The maximum Gasteiger partial charge on any atom is 0.123 e. The third-order valence-corrected chi connectivity index (χ3v) is 3.26. The molecule has 2 rings (SSSR count). The van der Waals surface area contributed by atoms with Crippen molar-refractivity contribution in [3.63, 3.8) is 0 Å². The van der Waals surface area contributed by atoms with Gasteiger partial charge in [-0.25, -0.2) is 0 Å². The molecule has 0 radical (unpaired) electrons. The Hall–Kier alpha value is -0.540. The third kappa shape index (κ3) is 2.77. The first kappa shape index (κ1) is 11.9. The average Bonchev–Trinajstić information content (AvgIpc) is 2.95. The molecule has 0 bridgehead atoms. The molecule has 2 nitrogen and oxygen atoms in total. The average molecular weight is 285 g/mol. The first-order chi connectivity index (χ1) is 7.50. The standard InChI is InChI=1S/C13H17BrO2/c1-9(2)11-6-10(14)4-5-12(11)15-7-13(3)8-16-13/h4-6,9H,7-8H2,1-3H3. The van der Waals surface area contributed by atoms with E-state index in [9.17, 15) is 0 Å². The van der Waals surface area contributed by atoms with E-state index in [1.165, 1.54) is 5.56 Å². The fourth-order valence-electron chi connectivity index (χ4n) is 1.54. The van der Waals surface area contributed by atoms with Crippen LogP contribution in [0, 0.1) is 0 Å². The summed E-state index contributed by atoms with van der Waals surface area (Å²) in [5, 5.41) is 0. The molecule has 1 heterocycles. The van der Waals surface area contributed by atoms with Gasteiger partial charge < -0.3 is 9.47 Å². The summed E-state index contributed by atoms with van der Waals surface area (Å²) in [6.45, 7) is 7.85. The first-order valence-corrected chi connectivity index (χ1v) is 6.36. The minimum Gasteiger partial charge on any atom is -0.490 e. The van der Waals surface area contributed by atoms with Crippen molar-refractivity contribution in [2.45, 2.75) is 32.3 Å². The Kier molecular flexibility index (Phi) is 3.27. The summed E-state index contributed by atoms with van der Waals surface area (Å²) in [6, 6.07) is 6.15. The first-order valence-electron chi connectivity index (χ1n) is 5.56. The predicted molar refractivity (Wildman–Crippen MR) is 68.1 cm³/mol. The zero-order valence-corrected chi connectivity index (χ0v) is 11.5. The molecule has 0 saturated carbocycles. The molecule has 0 amide bonds. The van der Waals surface area contributed by atoms with Crippen LogP contribution in [0.4, 0.5) is 0 Å². The zero-order chi connectivity index (χ0) is 11.8. The second-order valence-corrected chi connectivity index (χ2v) is 5.78. The summed E-state index contributed by atoms with van der Waals surface area (Å²) in [6.07, 6.45) is 0. The summed E-state index contributed by atoms with van der Waals surface area (Å²) in [5.74, 6) is 1.43. The molecule has 88 valence electrons. The van der Waals surface area contributed by atoms with E-state index in [4.69, 9.17) is 9.47 Å². The van der Waals surface area contributed by atoms with E-state index in [0.717, 1.165) is 16.8 Å². The summed E-state index contributed by atoms with van der Waals surface area (Å²) in [7, 11) is 0. The van der Waals surface area contributed by atoms with Crippen molar-refractivity contribution in [1.29, 1.82) is 0 Å². The minimum atomic E-state index is -0.0542. The van der Waals surface area contributed by atoms with Crippen LogP contribution in [0.2, 0.25) is 0 Å². The number of rotatable bonds is 4. The fourth-order valence-corrected chi connectivity index (χ4v) is 1.92. The molecule has 0 N–H and O–H groups in total. The Labute approximate surface area is 105 Å². The Morgan fingerprint density at radius 2 is 2.19 bits per heavy atom. The normalized spacial score (nSPS) is 23.6. The van der Waals surface area contributed by atoms with Crippen LogP contribution in [0.25, 0.3) is 0 Å². The van der Waals surface area contributed by atoms with Crippen LogP contribution >= 0.6 is 15.9 Å². The Morgan fingerprint density at radius 3 is 2.75 bits per heavy atom. The van der Waals surface area contributed by atoms with Gasteiger partial charge in [0.15, 0.2) is 0 Å². The number of benzene rings is 1. The van der Waals surface area contributed by atoms with Gasteiger partial charge in [-0.2, -0.15) is 0 Å². The molecule has 1 atom stereocenters. The van der Waals surface area contributed by atoms with E-state index in [-0.39, 0.29) is 5.60 Å². The van der Waals surface area contributed by atoms with Crippen LogP contribution in [-0.2, 0) is 4.74 Å². The molecule has 1 unspecified atom stereocenters. The van der Waals surface area contributed by atoms with Gasteiger partial charge in [0.05, 0.1) is 6.61 Å². The van der Waals surface area contributed by atoms with Crippen LogP contribution in [0.5, 0.6) is 5.75 Å². The van der Waals surface area contributed by atoms with Gasteiger partial charge in [0.25, 0.3) is 0 Å².